The van der Waals surface area contributed by atoms with E-state index in [9.17, 15) is 20.1 Å². The number of rotatable bonds is 15. The van der Waals surface area contributed by atoms with Crippen molar-refractivity contribution < 1.29 is 34.7 Å². The standard InChI is InChI=1S/C21H43NO7Si/c1-22(2)12-10-8-6-5-7-9-11-14-30(3,4)15-13-28-21-18(25)16(23)17(24)19(29-21)20(26)27/h16-19,21,23-25H,5-15H2,1-4H3,(H,26,27)/t16-,17+,18+,19-,21?/m0/s1. The zero-order valence-electron chi connectivity index (χ0n) is 19.1. The van der Waals surface area contributed by atoms with Gasteiger partial charge in [-0.15, -0.1) is 0 Å². The molecule has 0 spiro atoms. The van der Waals surface area contributed by atoms with Gasteiger partial charge in [-0.25, -0.2) is 4.79 Å². The van der Waals surface area contributed by atoms with E-state index in [4.69, 9.17) is 14.6 Å². The number of carboxylic acid groups (broad SMARTS) is 1. The van der Waals surface area contributed by atoms with Gasteiger partial charge in [-0.1, -0.05) is 57.7 Å². The van der Waals surface area contributed by atoms with Crippen molar-refractivity contribution >= 4 is 14.0 Å². The van der Waals surface area contributed by atoms with E-state index in [1.807, 2.05) is 0 Å². The molecule has 5 atom stereocenters. The Balaban J connectivity index is 2.20. The third-order valence-electron chi connectivity index (χ3n) is 5.83. The SMILES string of the molecule is CN(C)CCCCCCCCC[Si](C)(C)CCOC1O[C@H](C(=O)O)[C@H](O)[C@H](O)[C@H]1O. The van der Waals surface area contributed by atoms with Crippen LogP contribution in [0, 0.1) is 0 Å². The van der Waals surface area contributed by atoms with Crippen molar-refractivity contribution in [1.82, 2.24) is 4.90 Å². The Hall–Kier alpha value is -0.553. The van der Waals surface area contributed by atoms with Gasteiger partial charge in [-0.2, -0.15) is 0 Å². The molecule has 0 bridgehead atoms. The Morgan fingerprint density at radius 1 is 0.900 bits per heavy atom. The first-order chi connectivity index (χ1) is 14.0. The highest BCUT2D eigenvalue weighted by Gasteiger charge is 2.47. The summed E-state index contributed by atoms with van der Waals surface area (Å²) in [4.78, 5) is 13.4. The quantitative estimate of drug-likeness (QED) is 0.221. The maximum atomic E-state index is 11.1. The number of ether oxygens (including phenoxy) is 2. The second-order valence-electron chi connectivity index (χ2n) is 9.55. The fourth-order valence-corrected chi connectivity index (χ4v) is 5.81. The van der Waals surface area contributed by atoms with Crippen LogP contribution in [-0.4, -0.2) is 97.3 Å². The molecule has 1 saturated heterocycles. The molecule has 0 radical (unpaired) electrons. The Labute approximate surface area is 182 Å². The fourth-order valence-electron chi connectivity index (χ4n) is 3.68. The third kappa shape index (κ3) is 10.2. The average Bonchev–Trinajstić information content (AvgIpc) is 2.66. The molecule has 0 aliphatic carbocycles. The predicted octanol–water partition coefficient (Wildman–Crippen LogP) is 1.90. The first-order valence-electron chi connectivity index (χ1n) is 11.2. The Kier molecular flexibility index (Phi) is 12.6. The number of hydrogen-bond donors (Lipinski definition) is 4. The zero-order valence-corrected chi connectivity index (χ0v) is 20.1. The smallest absolute Gasteiger partial charge is 0.335 e. The molecular formula is C21H43NO7Si. The molecule has 1 heterocycles. The molecule has 30 heavy (non-hydrogen) atoms. The minimum absolute atomic E-state index is 0.335. The highest BCUT2D eigenvalue weighted by atomic mass is 28.3. The molecule has 1 fully saturated rings. The molecule has 4 N–H and O–H groups in total. The summed E-state index contributed by atoms with van der Waals surface area (Å²) in [5, 5.41) is 38.6. The third-order valence-corrected chi connectivity index (χ3v) is 9.10. The molecule has 1 rings (SSSR count). The van der Waals surface area contributed by atoms with E-state index in [-0.39, 0.29) is 0 Å². The van der Waals surface area contributed by atoms with E-state index >= 15 is 0 Å². The molecule has 178 valence electrons. The maximum absolute atomic E-state index is 11.1. The van der Waals surface area contributed by atoms with E-state index in [0.717, 1.165) is 6.04 Å². The van der Waals surface area contributed by atoms with Gasteiger partial charge >= 0.3 is 5.97 Å². The van der Waals surface area contributed by atoms with Gasteiger partial charge < -0.3 is 34.8 Å². The summed E-state index contributed by atoms with van der Waals surface area (Å²) in [5.41, 5.74) is 0. The number of nitrogens with zero attached hydrogens (tertiary/aromatic N) is 1. The van der Waals surface area contributed by atoms with Crippen molar-refractivity contribution in [3.8, 4) is 0 Å². The second-order valence-corrected chi connectivity index (χ2v) is 14.9. The number of aliphatic hydroxyl groups excluding tert-OH is 3. The van der Waals surface area contributed by atoms with Crippen molar-refractivity contribution in [3.05, 3.63) is 0 Å². The van der Waals surface area contributed by atoms with Crippen molar-refractivity contribution in [1.29, 1.82) is 0 Å². The van der Waals surface area contributed by atoms with Gasteiger partial charge in [0.2, 0.25) is 0 Å². The Bertz CT molecular complexity index is 492. The van der Waals surface area contributed by atoms with Gasteiger partial charge in [0, 0.05) is 14.7 Å². The van der Waals surface area contributed by atoms with Crippen LogP contribution in [-0.2, 0) is 14.3 Å². The number of aliphatic carboxylic acids is 1. The molecular weight excluding hydrogens is 406 g/mol. The lowest BCUT2D eigenvalue weighted by atomic mass is 9.99. The molecule has 1 unspecified atom stereocenters. The molecule has 0 saturated carbocycles. The van der Waals surface area contributed by atoms with Gasteiger partial charge in [0.25, 0.3) is 0 Å². The first-order valence-corrected chi connectivity index (χ1v) is 14.7. The normalized spacial score (nSPS) is 27.5. The summed E-state index contributed by atoms with van der Waals surface area (Å²) in [5.74, 6) is -1.39. The van der Waals surface area contributed by atoms with Gasteiger partial charge in [-0.3, -0.25) is 0 Å². The Morgan fingerprint density at radius 2 is 1.47 bits per heavy atom. The van der Waals surface area contributed by atoms with Crippen molar-refractivity contribution in [2.45, 2.75) is 101 Å². The van der Waals surface area contributed by atoms with Gasteiger partial charge in [0.1, 0.15) is 18.3 Å². The lowest BCUT2D eigenvalue weighted by Gasteiger charge is -2.38. The maximum Gasteiger partial charge on any atom is 0.335 e. The lowest BCUT2D eigenvalue weighted by Crippen LogP contribution is -2.60. The van der Waals surface area contributed by atoms with Crippen molar-refractivity contribution in [2.24, 2.45) is 0 Å². The highest BCUT2D eigenvalue weighted by molar-refractivity contribution is 6.77. The van der Waals surface area contributed by atoms with E-state index in [0.29, 0.717) is 6.61 Å². The summed E-state index contributed by atoms with van der Waals surface area (Å²) >= 11 is 0. The minimum Gasteiger partial charge on any atom is -0.479 e. The molecule has 1 aliphatic heterocycles. The van der Waals surface area contributed by atoms with Crippen LogP contribution in [0.2, 0.25) is 25.2 Å². The van der Waals surface area contributed by atoms with Crippen LogP contribution in [0.4, 0.5) is 0 Å². The number of hydrogen-bond acceptors (Lipinski definition) is 7. The van der Waals surface area contributed by atoms with Crippen molar-refractivity contribution in [3.63, 3.8) is 0 Å². The summed E-state index contributed by atoms with van der Waals surface area (Å²) < 4.78 is 10.7. The predicted molar refractivity (Wildman–Crippen MR) is 118 cm³/mol. The monoisotopic (exact) mass is 449 g/mol. The van der Waals surface area contributed by atoms with E-state index < -0.39 is 44.7 Å². The number of carboxylic acids is 1. The van der Waals surface area contributed by atoms with Crippen LogP contribution in [0.3, 0.4) is 0 Å². The van der Waals surface area contributed by atoms with E-state index in [1.54, 1.807) is 0 Å². The van der Waals surface area contributed by atoms with Crippen molar-refractivity contribution in [2.75, 3.05) is 27.2 Å². The molecule has 0 amide bonds. The molecule has 9 heteroatoms. The molecule has 0 aromatic carbocycles. The first kappa shape index (κ1) is 27.5. The highest BCUT2D eigenvalue weighted by Crippen LogP contribution is 2.25. The number of aliphatic hydroxyl groups is 3. The van der Waals surface area contributed by atoms with Crippen LogP contribution >= 0.6 is 0 Å². The molecule has 0 aromatic heterocycles. The summed E-state index contributed by atoms with van der Waals surface area (Å²) in [6.45, 7) is 6.10. The number of unbranched alkanes of at least 4 members (excludes halogenated alkanes) is 6. The topological polar surface area (TPSA) is 120 Å². The molecule has 0 aromatic rings. The van der Waals surface area contributed by atoms with Crippen LogP contribution in [0.1, 0.15) is 44.9 Å². The second kappa shape index (κ2) is 13.8. The van der Waals surface area contributed by atoms with Crippen LogP contribution in [0.15, 0.2) is 0 Å². The van der Waals surface area contributed by atoms with Gasteiger partial charge in [-0.05, 0) is 33.1 Å². The van der Waals surface area contributed by atoms with Gasteiger partial charge in [0.05, 0.1) is 0 Å². The number of carbonyl (C=O) groups is 1. The van der Waals surface area contributed by atoms with Gasteiger partial charge in [0.15, 0.2) is 12.4 Å². The molecule has 1 aliphatic rings. The minimum atomic E-state index is -1.68. The summed E-state index contributed by atoms with van der Waals surface area (Å²) in [6.07, 6.45) is 1.30. The largest absolute Gasteiger partial charge is 0.479 e. The van der Waals surface area contributed by atoms with E-state index in [2.05, 4.69) is 32.1 Å². The van der Waals surface area contributed by atoms with E-state index in [1.165, 1.54) is 57.5 Å². The lowest BCUT2D eigenvalue weighted by molar-refractivity contribution is -0.293. The Morgan fingerprint density at radius 3 is 2.03 bits per heavy atom. The van der Waals surface area contributed by atoms with Crippen LogP contribution < -0.4 is 0 Å². The fraction of sp³-hybridized carbons (Fsp3) is 0.952. The van der Waals surface area contributed by atoms with Crippen LogP contribution in [0.25, 0.3) is 0 Å². The summed E-state index contributed by atoms with van der Waals surface area (Å²) in [7, 11) is 2.76. The molecule has 8 nitrogen and oxygen atoms in total. The summed E-state index contributed by atoms with van der Waals surface area (Å²) in [6, 6.07) is 2.06. The average molecular weight is 450 g/mol. The zero-order chi connectivity index (χ0) is 22.7. The van der Waals surface area contributed by atoms with Crippen LogP contribution in [0.5, 0.6) is 0 Å².